The average Bonchev–Trinajstić information content (AvgIpc) is 2.73. The number of likely N-dealkylation sites (tertiary alicyclic amines) is 1. The number of aromatic nitrogens is 1. The number of amides is 1. The molecule has 2 heterocycles. The van der Waals surface area contributed by atoms with Crippen LogP contribution in [0.15, 0.2) is 47.4 Å². The van der Waals surface area contributed by atoms with Crippen molar-refractivity contribution in [2.75, 3.05) is 33.2 Å². The maximum Gasteiger partial charge on any atom is 0.253 e. The van der Waals surface area contributed by atoms with Gasteiger partial charge in [-0.15, -0.1) is 0 Å². The molecule has 0 aliphatic carbocycles. The number of pyridine rings is 1. The van der Waals surface area contributed by atoms with Crippen LogP contribution in [0.25, 0.3) is 0 Å². The van der Waals surface area contributed by atoms with Crippen LogP contribution in [0.3, 0.4) is 0 Å². The van der Waals surface area contributed by atoms with Crippen LogP contribution in [0.4, 0.5) is 0 Å². The molecule has 0 radical (unpaired) electrons. The Labute approximate surface area is 173 Å². The van der Waals surface area contributed by atoms with Gasteiger partial charge in [-0.05, 0) is 62.8 Å². The maximum atomic E-state index is 12.8. The molecule has 3 rings (SSSR count). The van der Waals surface area contributed by atoms with Crippen LogP contribution in [0.5, 0.6) is 0 Å². The molecule has 1 atom stereocenters. The molecule has 1 aliphatic heterocycles. The summed E-state index contributed by atoms with van der Waals surface area (Å²) in [6.45, 7) is 8.67. The Bertz CT molecular complexity index is 890. The van der Waals surface area contributed by atoms with E-state index in [9.17, 15) is 9.59 Å². The first-order valence-corrected chi connectivity index (χ1v) is 10.7. The predicted molar refractivity (Wildman–Crippen MR) is 117 cm³/mol. The van der Waals surface area contributed by atoms with E-state index in [0.717, 1.165) is 39.0 Å². The summed E-state index contributed by atoms with van der Waals surface area (Å²) in [5.41, 5.74) is 3.14. The lowest BCUT2D eigenvalue weighted by molar-refractivity contribution is 0.0730. The Kier molecular flexibility index (Phi) is 7.26. The largest absolute Gasteiger partial charge is 0.341 e. The van der Waals surface area contributed by atoms with Gasteiger partial charge in [0.2, 0.25) is 0 Å². The first-order chi connectivity index (χ1) is 14.0. The number of piperidine rings is 1. The number of nitrogens with zero attached hydrogens (tertiary/aromatic N) is 3. The molecule has 0 saturated carbocycles. The van der Waals surface area contributed by atoms with E-state index in [4.69, 9.17) is 0 Å². The molecule has 0 bridgehead atoms. The summed E-state index contributed by atoms with van der Waals surface area (Å²) in [7, 11) is 1.85. The van der Waals surface area contributed by atoms with E-state index in [1.54, 1.807) is 21.7 Å². The van der Waals surface area contributed by atoms with Gasteiger partial charge in [0.1, 0.15) is 0 Å². The highest BCUT2D eigenvalue weighted by Gasteiger charge is 2.23. The average molecular weight is 396 g/mol. The number of aryl methyl sites for hydroxylation is 2. The highest BCUT2D eigenvalue weighted by Crippen LogP contribution is 2.19. The van der Waals surface area contributed by atoms with Gasteiger partial charge in [-0.2, -0.15) is 0 Å². The van der Waals surface area contributed by atoms with Crippen molar-refractivity contribution in [2.24, 2.45) is 5.92 Å². The van der Waals surface area contributed by atoms with Gasteiger partial charge in [0, 0.05) is 51.1 Å². The van der Waals surface area contributed by atoms with Gasteiger partial charge in [0.05, 0.1) is 0 Å². The maximum absolute atomic E-state index is 12.8. The summed E-state index contributed by atoms with van der Waals surface area (Å²) in [4.78, 5) is 29.1. The zero-order valence-corrected chi connectivity index (χ0v) is 17.9. The van der Waals surface area contributed by atoms with Crippen molar-refractivity contribution < 1.29 is 4.79 Å². The van der Waals surface area contributed by atoms with Gasteiger partial charge >= 0.3 is 0 Å². The van der Waals surface area contributed by atoms with Gasteiger partial charge in [0.15, 0.2) is 0 Å². The number of carbonyl (C=O) groups is 1. The molecule has 1 aromatic heterocycles. The topological polar surface area (TPSA) is 45.6 Å². The Morgan fingerprint density at radius 2 is 2.03 bits per heavy atom. The molecule has 1 aromatic carbocycles. The van der Waals surface area contributed by atoms with Crippen molar-refractivity contribution in [3.63, 3.8) is 0 Å². The molecule has 1 saturated heterocycles. The second-order valence-electron chi connectivity index (χ2n) is 8.21. The first kappa shape index (κ1) is 21.3. The number of rotatable bonds is 7. The Hall–Kier alpha value is -2.40. The standard InChI is InChI=1S/C24H33N3O2/c1-4-27-15-12-22(16-23(27)28)24(29)25(3)17-20-9-7-13-26(18-20)14-11-21-10-6-5-8-19(21)2/h5-6,8,10,12,15-16,20H,4,7,9,11,13-14,17-18H2,1-3H3. The molecule has 0 spiro atoms. The Morgan fingerprint density at radius 3 is 2.76 bits per heavy atom. The van der Waals surface area contributed by atoms with E-state index >= 15 is 0 Å². The predicted octanol–water partition coefficient (Wildman–Crippen LogP) is 3.20. The van der Waals surface area contributed by atoms with Crippen LogP contribution >= 0.6 is 0 Å². The molecule has 5 nitrogen and oxygen atoms in total. The van der Waals surface area contributed by atoms with E-state index in [-0.39, 0.29) is 11.5 Å². The minimum Gasteiger partial charge on any atom is -0.341 e. The second kappa shape index (κ2) is 9.88. The van der Waals surface area contributed by atoms with Gasteiger partial charge in [-0.3, -0.25) is 9.59 Å². The molecular formula is C24H33N3O2. The SMILES string of the molecule is CCn1ccc(C(=O)N(C)CC2CCCN(CCc3ccccc3C)C2)cc1=O. The fraction of sp³-hybridized carbons (Fsp3) is 0.500. The highest BCUT2D eigenvalue weighted by molar-refractivity contribution is 5.93. The summed E-state index contributed by atoms with van der Waals surface area (Å²) >= 11 is 0. The normalized spacial score (nSPS) is 17.3. The molecule has 5 heteroatoms. The van der Waals surface area contributed by atoms with E-state index in [1.165, 1.54) is 23.6 Å². The molecule has 156 valence electrons. The molecule has 1 aliphatic rings. The van der Waals surface area contributed by atoms with Crippen LogP contribution in [0.1, 0.15) is 41.3 Å². The summed E-state index contributed by atoms with van der Waals surface area (Å²) in [6, 6.07) is 11.8. The zero-order chi connectivity index (χ0) is 20.8. The van der Waals surface area contributed by atoms with Crippen LogP contribution in [0, 0.1) is 12.8 Å². The van der Waals surface area contributed by atoms with Crippen LogP contribution in [0.2, 0.25) is 0 Å². The third-order valence-corrected chi connectivity index (χ3v) is 6.02. The first-order valence-electron chi connectivity index (χ1n) is 10.7. The smallest absolute Gasteiger partial charge is 0.253 e. The summed E-state index contributed by atoms with van der Waals surface area (Å²) in [5, 5.41) is 0. The number of hydrogen-bond donors (Lipinski definition) is 0. The van der Waals surface area contributed by atoms with Crippen LogP contribution < -0.4 is 5.56 Å². The van der Waals surface area contributed by atoms with Crippen molar-refractivity contribution in [3.05, 3.63) is 69.6 Å². The molecule has 29 heavy (non-hydrogen) atoms. The van der Waals surface area contributed by atoms with Crippen molar-refractivity contribution in [1.82, 2.24) is 14.4 Å². The van der Waals surface area contributed by atoms with Gasteiger partial charge in [-0.25, -0.2) is 0 Å². The van der Waals surface area contributed by atoms with Gasteiger partial charge < -0.3 is 14.4 Å². The Morgan fingerprint density at radius 1 is 1.24 bits per heavy atom. The third-order valence-electron chi connectivity index (χ3n) is 6.02. The second-order valence-corrected chi connectivity index (χ2v) is 8.21. The zero-order valence-electron chi connectivity index (χ0n) is 17.9. The van der Waals surface area contributed by atoms with Crippen molar-refractivity contribution in [3.8, 4) is 0 Å². The Balaban J connectivity index is 1.54. The quantitative estimate of drug-likeness (QED) is 0.723. The lowest BCUT2D eigenvalue weighted by Gasteiger charge is -2.35. The van der Waals surface area contributed by atoms with E-state index in [0.29, 0.717) is 18.0 Å². The highest BCUT2D eigenvalue weighted by atomic mass is 16.2. The van der Waals surface area contributed by atoms with Crippen LogP contribution in [-0.2, 0) is 13.0 Å². The monoisotopic (exact) mass is 395 g/mol. The van der Waals surface area contributed by atoms with Crippen molar-refractivity contribution in [2.45, 2.75) is 39.7 Å². The molecule has 0 N–H and O–H groups in total. The lowest BCUT2D eigenvalue weighted by Crippen LogP contribution is -2.42. The number of benzene rings is 1. The summed E-state index contributed by atoms with van der Waals surface area (Å²) in [5.74, 6) is 0.410. The van der Waals surface area contributed by atoms with Crippen LogP contribution in [-0.4, -0.2) is 53.5 Å². The molecule has 2 aromatic rings. The minimum atomic E-state index is -0.119. The molecule has 1 fully saturated rings. The van der Waals surface area contributed by atoms with Gasteiger partial charge in [0.25, 0.3) is 11.5 Å². The van der Waals surface area contributed by atoms with E-state index < -0.39 is 0 Å². The summed E-state index contributed by atoms with van der Waals surface area (Å²) in [6.07, 6.45) is 5.10. The number of hydrogen-bond acceptors (Lipinski definition) is 3. The van der Waals surface area contributed by atoms with Crippen molar-refractivity contribution >= 4 is 5.91 Å². The fourth-order valence-electron chi connectivity index (χ4n) is 4.27. The lowest BCUT2D eigenvalue weighted by atomic mass is 9.96. The summed E-state index contributed by atoms with van der Waals surface area (Å²) < 4.78 is 1.60. The molecule has 1 amide bonds. The molecular weight excluding hydrogens is 362 g/mol. The van der Waals surface area contributed by atoms with E-state index in [2.05, 4.69) is 36.1 Å². The minimum absolute atomic E-state index is 0.0672. The van der Waals surface area contributed by atoms with Gasteiger partial charge in [-0.1, -0.05) is 24.3 Å². The third kappa shape index (κ3) is 5.57. The molecule has 1 unspecified atom stereocenters. The number of carbonyl (C=O) groups excluding carboxylic acids is 1. The fourth-order valence-corrected chi connectivity index (χ4v) is 4.27. The van der Waals surface area contributed by atoms with E-state index in [1.807, 2.05) is 14.0 Å². The van der Waals surface area contributed by atoms with Crippen molar-refractivity contribution in [1.29, 1.82) is 0 Å².